The molecular weight excluding hydrogens is 311 g/mol. The van der Waals surface area contributed by atoms with E-state index in [0.717, 1.165) is 11.5 Å². The molecule has 0 fully saturated rings. The first-order chi connectivity index (χ1) is 11.5. The average molecular weight is 334 g/mol. The molecule has 2 N–H and O–H groups in total. The van der Waals surface area contributed by atoms with Crippen LogP contribution in [0, 0.1) is 19.7 Å². The van der Waals surface area contributed by atoms with Gasteiger partial charge in [0.25, 0.3) is 0 Å². The molecule has 130 valence electrons. The van der Waals surface area contributed by atoms with Crippen LogP contribution in [0.1, 0.15) is 24.3 Å². The van der Waals surface area contributed by atoms with Crippen LogP contribution in [0.2, 0.25) is 0 Å². The number of guanidine groups is 1. The fourth-order valence-electron chi connectivity index (χ4n) is 2.05. The zero-order valence-corrected chi connectivity index (χ0v) is 14.4. The van der Waals surface area contributed by atoms with E-state index >= 15 is 0 Å². The van der Waals surface area contributed by atoms with Crippen LogP contribution in [-0.2, 0) is 6.54 Å². The molecule has 1 atom stereocenters. The van der Waals surface area contributed by atoms with Gasteiger partial charge in [-0.1, -0.05) is 6.07 Å². The van der Waals surface area contributed by atoms with Crippen LogP contribution < -0.4 is 15.4 Å². The molecule has 1 heterocycles. The molecule has 0 bridgehead atoms. The van der Waals surface area contributed by atoms with Crippen LogP contribution in [0.15, 0.2) is 33.7 Å². The van der Waals surface area contributed by atoms with Gasteiger partial charge in [0.05, 0.1) is 18.8 Å². The maximum Gasteiger partial charge on any atom is 0.214 e. The third kappa shape index (κ3) is 5.26. The van der Waals surface area contributed by atoms with Crippen molar-refractivity contribution < 1.29 is 13.5 Å². The summed E-state index contributed by atoms with van der Waals surface area (Å²) < 4.78 is 24.3. The minimum atomic E-state index is -0.318. The highest BCUT2D eigenvalue weighted by Gasteiger charge is 2.09. The Hall–Kier alpha value is -2.57. The van der Waals surface area contributed by atoms with Gasteiger partial charge in [0.2, 0.25) is 5.89 Å². The predicted octanol–water partition coefficient (Wildman–Crippen LogP) is 2.56. The standard InChI is InChI=1S/C17H23FN4O2/c1-11(23-15-7-5-6-14(18)8-15)9-20-17(19-4)21-10-16-22-12(2)13(3)24-16/h5-8,11H,9-10H2,1-4H3,(H2,19,20,21). The maximum atomic E-state index is 13.1. The van der Waals surface area contributed by atoms with Gasteiger partial charge in [-0.2, -0.15) is 0 Å². The zero-order chi connectivity index (χ0) is 17.5. The smallest absolute Gasteiger partial charge is 0.214 e. The fraction of sp³-hybridized carbons (Fsp3) is 0.412. The number of rotatable bonds is 6. The molecule has 7 heteroatoms. The molecule has 2 rings (SSSR count). The molecule has 1 aromatic carbocycles. The van der Waals surface area contributed by atoms with Gasteiger partial charge in [-0.3, -0.25) is 4.99 Å². The summed E-state index contributed by atoms with van der Waals surface area (Å²) in [6.45, 7) is 6.63. The molecule has 1 unspecified atom stereocenters. The quantitative estimate of drug-likeness (QED) is 0.627. The van der Waals surface area contributed by atoms with Gasteiger partial charge in [-0.05, 0) is 32.9 Å². The Bertz CT molecular complexity index is 680. The van der Waals surface area contributed by atoms with Gasteiger partial charge >= 0.3 is 0 Å². The lowest BCUT2D eigenvalue weighted by Gasteiger charge is -2.17. The molecule has 0 radical (unpaired) electrons. The minimum Gasteiger partial charge on any atom is -0.489 e. The average Bonchev–Trinajstić information content (AvgIpc) is 2.86. The summed E-state index contributed by atoms with van der Waals surface area (Å²) in [7, 11) is 1.68. The van der Waals surface area contributed by atoms with Crippen molar-refractivity contribution in [1.82, 2.24) is 15.6 Å². The van der Waals surface area contributed by atoms with Gasteiger partial charge in [0.15, 0.2) is 5.96 Å². The summed E-state index contributed by atoms with van der Waals surface area (Å²) in [6, 6.07) is 6.08. The maximum absolute atomic E-state index is 13.1. The molecule has 0 saturated carbocycles. The first-order valence-corrected chi connectivity index (χ1v) is 7.77. The van der Waals surface area contributed by atoms with Crippen molar-refractivity contribution in [2.24, 2.45) is 4.99 Å². The highest BCUT2D eigenvalue weighted by atomic mass is 19.1. The van der Waals surface area contributed by atoms with E-state index in [1.165, 1.54) is 12.1 Å². The van der Waals surface area contributed by atoms with Crippen molar-refractivity contribution in [1.29, 1.82) is 0 Å². The summed E-state index contributed by atoms with van der Waals surface area (Å²) in [5.41, 5.74) is 0.881. The third-order valence-corrected chi connectivity index (χ3v) is 3.39. The Morgan fingerprint density at radius 1 is 1.38 bits per heavy atom. The topological polar surface area (TPSA) is 71.7 Å². The molecule has 0 aliphatic rings. The minimum absolute atomic E-state index is 0.156. The second kappa shape index (κ2) is 8.33. The van der Waals surface area contributed by atoms with Crippen molar-refractivity contribution >= 4 is 5.96 Å². The van der Waals surface area contributed by atoms with E-state index in [1.807, 2.05) is 20.8 Å². The summed E-state index contributed by atoms with van der Waals surface area (Å²) in [4.78, 5) is 8.44. The van der Waals surface area contributed by atoms with E-state index in [-0.39, 0.29) is 11.9 Å². The van der Waals surface area contributed by atoms with Crippen LogP contribution in [-0.4, -0.2) is 30.6 Å². The highest BCUT2D eigenvalue weighted by molar-refractivity contribution is 5.79. The Morgan fingerprint density at radius 3 is 2.79 bits per heavy atom. The summed E-state index contributed by atoms with van der Waals surface area (Å²) in [5, 5.41) is 6.27. The Morgan fingerprint density at radius 2 is 2.17 bits per heavy atom. The molecular formula is C17H23FN4O2. The lowest BCUT2D eigenvalue weighted by Crippen LogP contribution is -2.41. The number of oxazole rings is 1. The van der Waals surface area contributed by atoms with Gasteiger partial charge < -0.3 is 19.8 Å². The number of benzene rings is 1. The normalized spacial score (nSPS) is 12.8. The molecule has 6 nitrogen and oxygen atoms in total. The third-order valence-electron chi connectivity index (χ3n) is 3.39. The van der Waals surface area contributed by atoms with E-state index < -0.39 is 0 Å². The number of hydrogen-bond acceptors (Lipinski definition) is 4. The van der Waals surface area contributed by atoms with Crippen LogP contribution in [0.5, 0.6) is 5.75 Å². The van der Waals surface area contributed by atoms with Crippen LogP contribution in [0.3, 0.4) is 0 Å². The van der Waals surface area contributed by atoms with E-state index in [4.69, 9.17) is 9.15 Å². The van der Waals surface area contributed by atoms with Gasteiger partial charge in [0.1, 0.15) is 23.4 Å². The summed E-state index contributed by atoms with van der Waals surface area (Å²) in [5.74, 6) is 2.21. The number of aryl methyl sites for hydroxylation is 2. The molecule has 0 amide bonds. The molecule has 2 aromatic rings. The number of aromatic nitrogens is 1. The van der Waals surface area contributed by atoms with Crippen molar-refractivity contribution in [3.63, 3.8) is 0 Å². The fourth-order valence-corrected chi connectivity index (χ4v) is 2.05. The number of ether oxygens (including phenoxy) is 1. The zero-order valence-electron chi connectivity index (χ0n) is 14.4. The lowest BCUT2D eigenvalue weighted by molar-refractivity contribution is 0.223. The Kier molecular flexibility index (Phi) is 6.17. The van der Waals surface area contributed by atoms with Gasteiger partial charge in [-0.25, -0.2) is 9.37 Å². The molecule has 0 saturated heterocycles. The second-order valence-corrected chi connectivity index (χ2v) is 5.44. The van der Waals surface area contributed by atoms with E-state index in [1.54, 1.807) is 19.2 Å². The van der Waals surface area contributed by atoms with Crippen molar-refractivity contribution in [2.75, 3.05) is 13.6 Å². The summed E-state index contributed by atoms with van der Waals surface area (Å²) >= 11 is 0. The van der Waals surface area contributed by atoms with E-state index in [9.17, 15) is 4.39 Å². The van der Waals surface area contributed by atoms with Crippen molar-refractivity contribution in [3.05, 3.63) is 47.4 Å². The lowest BCUT2D eigenvalue weighted by atomic mass is 10.3. The van der Waals surface area contributed by atoms with Crippen molar-refractivity contribution in [3.8, 4) is 5.75 Å². The van der Waals surface area contributed by atoms with Crippen LogP contribution in [0.4, 0.5) is 4.39 Å². The SMILES string of the molecule is CN=C(NCc1nc(C)c(C)o1)NCC(C)Oc1cccc(F)c1. The largest absolute Gasteiger partial charge is 0.489 e. The second-order valence-electron chi connectivity index (χ2n) is 5.44. The molecule has 1 aromatic heterocycles. The predicted molar refractivity (Wildman–Crippen MR) is 90.7 cm³/mol. The number of nitrogens with one attached hydrogen (secondary N) is 2. The first kappa shape index (κ1) is 17.8. The van der Waals surface area contributed by atoms with Crippen LogP contribution in [0.25, 0.3) is 0 Å². The van der Waals surface area contributed by atoms with E-state index in [0.29, 0.717) is 30.7 Å². The molecule has 24 heavy (non-hydrogen) atoms. The van der Waals surface area contributed by atoms with Crippen LogP contribution >= 0.6 is 0 Å². The highest BCUT2D eigenvalue weighted by Crippen LogP contribution is 2.13. The first-order valence-electron chi connectivity index (χ1n) is 7.77. The number of aliphatic imine (C=N–C) groups is 1. The van der Waals surface area contributed by atoms with Gasteiger partial charge in [-0.15, -0.1) is 0 Å². The molecule has 0 spiro atoms. The monoisotopic (exact) mass is 334 g/mol. The van der Waals surface area contributed by atoms with Crippen molar-refractivity contribution in [2.45, 2.75) is 33.4 Å². The molecule has 0 aliphatic heterocycles. The number of nitrogens with zero attached hydrogens (tertiary/aromatic N) is 2. The van der Waals surface area contributed by atoms with Gasteiger partial charge in [0, 0.05) is 13.1 Å². The number of halogens is 1. The summed E-state index contributed by atoms with van der Waals surface area (Å²) in [6.07, 6.45) is -0.156. The Balaban J connectivity index is 1.78. The number of hydrogen-bond donors (Lipinski definition) is 2. The molecule has 0 aliphatic carbocycles. The van der Waals surface area contributed by atoms with E-state index in [2.05, 4.69) is 20.6 Å². The Labute approximate surface area is 141 Å².